The Morgan fingerprint density at radius 2 is 1.21 bits per heavy atom. The van der Waals surface area contributed by atoms with Gasteiger partial charge in [0.25, 0.3) is 0 Å². The van der Waals surface area contributed by atoms with Crippen LogP contribution in [0.2, 0.25) is 0 Å². The van der Waals surface area contributed by atoms with Crippen molar-refractivity contribution in [1.82, 2.24) is 0 Å². The third-order valence-corrected chi connectivity index (χ3v) is 7.98. The smallest absolute Gasteiger partial charge is 0.131 e. The molecule has 1 atom stereocenters. The highest BCUT2D eigenvalue weighted by atomic mass is 31.0. The van der Waals surface area contributed by atoms with E-state index < -0.39 is 0 Å². The molecule has 0 N–H and O–H groups in total. The molecule has 3 heteroatoms. The van der Waals surface area contributed by atoms with Crippen molar-refractivity contribution in [2.24, 2.45) is 0 Å². The summed E-state index contributed by atoms with van der Waals surface area (Å²) in [5.74, 6) is 3.24. The van der Waals surface area contributed by atoms with Crippen LogP contribution < -0.4 is 14.8 Å². The van der Waals surface area contributed by atoms with Gasteiger partial charge in [-0.15, -0.1) is 9.24 Å². The molecule has 2 nitrogen and oxygen atoms in total. The van der Waals surface area contributed by atoms with E-state index in [0.29, 0.717) is 5.92 Å². The van der Waals surface area contributed by atoms with Gasteiger partial charge in [0, 0.05) is 0 Å². The van der Waals surface area contributed by atoms with Crippen LogP contribution in [0.25, 0.3) is 11.1 Å². The molecular weight excluding hydrogens is 423 g/mol. The Hall–Kier alpha value is -1.53. The van der Waals surface area contributed by atoms with Gasteiger partial charge in [-0.05, 0) is 99.3 Å². The summed E-state index contributed by atoms with van der Waals surface area (Å²) >= 11 is 0. The van der Waals surface area contributed by atoms with Gasteiger partial charge in [-0.1, -0.05) is 56.7 Å². The molecular formula is C30H43O2P. The predicted molar refractivity (Wildman–Crippen MR) is 144 cm³/mol. The van der Waals surface area contributed by atoms with Crippen LogP contribution in [0.5, 0.6) is 11.5 Å². The number of hydrogen-bond donors (Lipinski definition) is 0. The van der Waals surface area contributed by atoms with Gasteiger partial charge in [0.05, 0.1) is 17.8 Å². The predicted octanol–water partition coefficient (Wildman–Crippen LogP) is 8.52. The molecule has 0 spiro atoms. The molecule has 0 heterocycles. The molecule has 0 aromatic heterocycles. The maximum atomic E-state index is 6.32. The topological polar surface area (TPSA) is 18.5 Å². The number of benzene rings is 2. The highest BCUT2D eigenvalue weighted by Gasteiger charge is 2.28. The van der Waals surface area contributed by atoms with Crippen molar-refractivity contribution in [3.8, 4) is 22.6 Å². The number of rotatable bonds is 7. The number of ether oxygens (including phenoxy) is 2. The Morgan fingerprint density at radius 3 is 1.73 bits per heavy atom. The van der Waals surface area contributed by atoms with Crippen molar-refractivity contribution in [2.75, 3.05) is 0 Å². The van der Waals surface area contributed by atoms with Crippen LogP contribution in [-0.4, -0.2) is 12.2 Å². The van der Waals surface area contributed by atoms with Crippen LogP contribution in [-0.2, 0) is 0 Å². The van der Waals surface area contributed by atoms with E-state index in [2.05, 4.69) is 67.3 Å². The van der Waals surface area contributed by atoms with Crippen molar-refractivity contribution in [2.45, 2.75) is 116 Å². The lowest BCUT2D eigenvalue weighted by atomic mass is 9.75. The molecule has 0 aliphatic heterocycles. The van der Waals surface area contributed by atoms with E-state index in [1.807, 2.05) is 0 Å². The molecule has 0 saturated heterocycles. The van der Waals surface area contributed by atoms with Gasteiger partial charge >= 0.3 is 0 Å². The SMILES string of the molecule is CC(C)Oc1cccc(OC(C)C)c1-c1ccc(C2CCCCC2)c(C2CCCCC2)c1P. The highest BCUT2D eigenvalue weighted by Crippen LogP contribution is 2.45. The Bertz CT molecular complexity index is 893. The third-order valence-electron chi connectivity index (χ3n) is 7.36. The second kappa shape index (κ2) is 11.3. The van der Waals surface area contributed by atoms with Crippen LogP contribution in [0.4, 0.5) is 0 Å². The zero-order chi connectivity index (χ0) is 23.4. The lowest BCUT2D eigenvalue weighted by molar-refractivity contribution is 0.231. The fraction of sp³-hybridized carbons (Fsp3) is 0.600. The monoisotopic (exact) mass is 466 g/mol. The Balaban J connectivity index is 1.87. The Morgan fingerprint density at radius 1 is 0.697 bits per heavy atom. The van der Waals surface area contributed by atoms with E-state index in [0.717, 1.165) is 23.0 Å². The van der Waals surface area contributed by atoms with E-state index in [1.165, 1.54) is 75.1 Å². The molecule has 1 unspecified atom stereocenters. The van der Waals surface area contributed by atoms with E-state index in [4.69, 9.17) is 9.47 Å². The van der Waals surface area contributed by atoms with Gasteiger partial charge in [-0.3, -0.25) is 0 Å². The molecule has 180 valence electrons. The average molecular weight is 467 g/mol. The molecule has 2 saturated carbocycles. The second-order valence-electron chi connectivity index (χ2n) is 10.7. The summed E-state index contributed by atoms with van der Waals surface area (Å²) in [7, 11) is 3.17. The van der Waals surface area contributed by atoms with Gasteiger partial charge < -0.3 is 9.47 Å². The van der Waals surface area contributed by atoms with Crippen molar-refractivity contribution >= 4 is 14.5 Å². The van der Waals surface area contributed by atoms with Crippen LogP contribution in [0.3, 0.4) is 0 Å². The minimum absolute atomic E-state index is 0.116. The van der Waals surface area contributed by atoms with E-state index in [9.17, 15) is 0 Å². The standard InChI is InChI=1S/C30H43O2P/c1-20(2)31-26-16-11-17-27(32-21(3)4)29(26)25-19-18-24(22-12-7-5-8-13-22)28(30(25)33)23-14-9-6-10-15-23/h11,16-23H,5-10,12-15,33H2,1-4H3. The van der Waals surface area contributed by atoms with Gasteiger partial charge in [-0.2, -0.15) is 0 Å². The van der Waals surface area contributed by atoms with Crippen molar-refractivity contribution < 1.29 is 9.47 Å². The van der Waals surface area contributed by atoms with Crippen LogP contribution in [0.15, 0.2) is 30.3 Å². The first-order valence-electron chi connectivity index (χ1n) is 13.3. The Kier molecular flexibility index (Phi) is 8.39. The zero-order valence-corrected chi connectivity index (χ0v) is 22.3. The molecule has 4 rings (SSSR count). The van der Waals surface area contributed by atoms with E-state index >= 15 is 0 Å². The van der Waals surface area contributed by atoms with Crippen molar-refractivity contribution in [1.29, 1.82) is 0 Å². The second-order valence-corrected chi connectivity index (χ2v) is 11.2. The molecule has 2 aliphatic rings. The summed E-state index contributed by atoms with van der Waals surface area (Å²) in [5, 5.41) is 1.37. The lowest BCUT2D eigenvalue weighted by Crippen LogP contribution is -2.20. The van der Waals surface area contributed by atoms with Crippen LogP contribution in [0, 0.1) is 0 Å². The van der Waals surface area contributed by atoms with Crippen LogP contribution in [0.1, 0.15) is 115 Å². The van der Waals surface area contributed by atoms with Crippen molar-refractivity contribution in [3.05, 3.63) is 41.5 Å². The lowest BCUT2D eigenvalue weighted by Gasteiger charge is -2.32. The molecule has 2 aliphatic carbocycles. The van der Waals surface area contributed by atoms with Gasteiger partial charge in [0.2, 0.25) is 0 Å². The minimum Gasteiger partial charge on any atom is -0.490 e. The molecule has 33 heavy (non-hydrogen) atoms. The molecule has 0 amide bonds. The van der Waals surface area contributed by atoms with E-state index in [1.54, 1.807) is 11.1 Å². The number of hydrogen-bond acceptors (Lipinski definition) is 2. The first-order valence-corrected chi connectivity index (χ1v) is 13.9. The average Bonchev–Trinajstić information content (AvgIpc) is 2.80. The Labute approximate surface area is 204 Å². The first kappa shape index (κ1) is 24.6. The summed E-state index contributed by atoms with van der Waals surface area (Å²) < 4.78 is 12.6. The summed E-state index contributed by atoms with van der Waals surface area (Å²) in [6.07, 6.45) is 13.8. The molecule has 0 radical (unpaired) electrons. The molecule has 2 aromatic rings. The minimum atomic E-state index is 0.116. The van der Waals surface area contributed by atoms with Gasteiger partial charge in [-0.25, -0.2) is 0 Å². The normalized spacial score (nSPS) is 18.2. The molecule has 0 bridgehead atoms. The first-order chi connectivity index (χ1) is 16.0. The maximum absolute atomic E-state index is 6.32. The maximum Gasteiger partial charge on any atom is 0.131 e. The zero-order valence-electron chi connectivity index (χ0n) is 21.2. The quantitative estimate of drug-likeness (QED) is 0.381. The summed E-state index contributed by atoms with van der Waals surface area (Å²) in [6.45, 7) is 8.39. The summed E-state index contributed by atoms with van der Waals surface area (Å²) in [5.41, 5.74) is 5.62. The van der Waals surface area contributed by atoms with Crippen molar-refractivity contribution in [3.63, 3.8) is 0 Å². The summed E-state index contributed by atoms with van der Waals surface area (Å²) in [4.78, 5) is 0. The fourth-order valence-corrected chi connectivity index (χ4v) is 6.61. The van der Waals surface area contributed by atoms with Crippen LogP contribution >= 0.6 is 9.24 Å². The van der Waals surface area contributed by atoms with E-state index in [-0.39, 0.29) is 12.2 Å². The van der Waals surface area contributed by atoms with Gasteiger partial charge in [0.15, 0.2) is 0 Å². The third kappa shape index (κ3) is 5.76. The molecule has 2 fully saturated rings. The molecule has 2 aromatic carbocycles. The highest BCUT2D eigenvalue weighted by molar-refractivity contribution is 7.28. The largest absolute Gasteiger partial charge is 0.490 e. The fourth-order valence-electron chi connectivity index (χ4n) is 5.97. The van der Waals surface area contributed by atoms with Gasteiger partial charge in [0.1, 0.15) is 11.5 Å². The summed E-state index contributed by atoms with van der Waals surface area (Å²) in [6, 6.07) is 11.1.